The predicted molar refractivity (Wildman–Crippen MR) is 72.4 cm³/mol. The zero-order valence-corrected chi connectivity index (χ0v) is 12.1. The van der Waals surface area contributed by atoms with Gasteiger partial charge >= 0.3 is 0 Å². The average molecular weight is 301 g/mol. The van der Waals surface area contributed by atoms with Crippen molar-refractivity contribution in [1.29, 1.82) is 0 Å². The fraction of sp³-hybridized carbons (Fsp3) is 0.364. The molecule has 2 rings (SSSR count). The smallest absolute Gasteiger partial charge is 0.246 e. The van der Waals surface area contributed by atoms with Gasteiger partial charge in [-0.3, -0.25) is 5.10 Å². The Kier molecular flexibility index (Phi) is 4.70. The van der Waals surface area contributed by atoms with E-state index in [1.165, 1.54) is 28.0 Å². The largest absolute Gasteiger partial charge is 0.383 e. The molecule has 0 bridgehead atoms. The molecule has 0 unspecified atom stereocenters. The van der Waals surface area contributed by atoms with Crippen molar-refractivity contribution in [3.8, 4) is 0 Å². The molecule has 1 N–H and O–H groups in total. The lowest BCUT2D eigenvalue weighted by atomic mass is 10.4. The Morgan fingerprint density at radius 2 is 2.37 bits per heavy atom. The van der Waals surface area contributed by atoms with Crippen molar-refractivity contribution >= 4 is 21.4 Å². The number of rotatable bonds is 7. The van der Waals surface area contributed by atoms with Crippen LogP contribution >= 0.6 is 11.3 Å². The van der Waals surface area contributed by atoms with Crippen LogP contribution in [0.1, 0.15) is 4.88 Å². The van der Waals surface area contributed by atoms with Crippen LogP contribution in [0.4, 0.5) is 0 Å². The summed E-state index contributed by atoms with van der Waals surface area (Å²) in [6, 6.07) is 3.81. The van der Waals surface area contributed by atoms with Gasteiger partial charge in [0.2, 0.25) is 10.0 Å². The normalized spacial score (nSPS) is 12.1. The number of thiophene rings is 1. The van der Waals surface area contributed by atoms with Crippen LogP contribution in [0.3, 0.4) is 0 Å². The number of aromatic nitrogens is 2. The van der Waals surface area contributed by atoms with Gasteiger partial charge in [0.25, 0.3) is 0 Å². The molecule has 0 aliphatic rings. The van der Waals surface area contributed by atoms with Gasteiger partial charge in [-0.1, -0.05) is 6.07 Å². The monoisotopic (exact) mass is 301 g/mol. The van der Waals surface area contributed by atoms with Gasteiger partial charge in [0.05, 0.1) is 12.8 Å². The van der Waals surface area contributed by atoms with Gasteiger partial charge < -0.3 is 4.74 Å². The Bertz CT molecular complexity index is 579. The first-order valence-corrected chi connectivity index (χ1v) is 7.97. The Labute approximate surface area is 116 Å². The topological polar surface area (TPSA) is 75.3 Å². The highest BCUT2D eigenvalue weighted by Gasteiger charge is 2.25. The van der Waals surface area contributed by atoms with E-state index in [0.29, 0.717) is 19.7 Å². The second-order valence-electron chi connectivity index (χ2n) is 3.84. The number of hydrogen-bond acceptors (Lipinski definition) is 5. The molecule has 0 amide bonds. The highest BCUT2D eigenvalue weighted by atomic mass is 32.2. The van der Waals surface area contributed by atoms with E-state index in [-0.39, 0.29) is 4.90 Å². The predicted octanol–water partition coefficient (Wildman–Crippen LogP) is 1.31. The lowest BCUT2D eigenvalue weighted by Crippen LogP contribution is -2.33. The van der Waals surface area contributed by atoms with Gasteiger partial charge in [0.1, 0.15) is 4.90 Å². The molecule has 0 spiro atoms. The summed E-state index contributed by atoms with van der Waals surface area (Å²) in [5, 5.41) is 8.13. The standard InChI is InChI=1S/C11H15N3O3S2/c1-17-5-4-14(9-10-3-2-6-18-10)19(15,16)11-7-12-13-8-11/h2-3,6-8H,4-5,9H2,1H3,(H,12,13). The molecule has 0 aliphatic heterocycles. The SMILES string of the molecule is COCCN(Cc1cccs1)S(=O)(=O)c1cn[nH]c1. The fourth-order valence-electron chi connectivity index (χ4n) is 1.58. The summed E-state index contributed by atoms with van der Waals surface area (Å²) in [5.41, 5.74) is 0. The zero-order valence-electron chi connectivity index (χ0n) is 10.4. The Morgan fingerprint density at radius 1 is 1.53 bits per heavy atom. The van der Waals surface area contributed by atoms with Crippen molar-refractivity contribution < 1.29 is 13.2 Å². The number of H-pyrrole nitrogens is 1. The summed E-state index contributed by atoms with van der Waals surface area (Å²) in [6.45, 7) is 0.999. The molecular formula is C11H15N3O3S2. The van der Waals surface area contributed by atoms with Crippen molar-refractivity contribution in [2.75, 3.05) is 20.3 Å². The maximum atomic E-state index is 12.4. The van der Waals surface area contributed by atoms with Crippen LogP contribution in [0.5, 0.6) is 0 Å². The minimum absolute atomic E-state index is 0.167. The van der Waals surface area contributed by atoms with Crippen LogP contribution in [0, 0.1) is 0 Å². The summed E-state index contributed by atoms with van der Waals surface area (Å²) in [6.07, 6.45) is 2.69. The molecule has 8 heteroatoms. The molecule has 0 saturated carbocycles. The summed E-state index contributed by atoms with van der Waals surface area (Å²) in [7, 11) is -1.99. The highest BCUT2D eigenvalue weighted by molar-refractivity contribution is 7.89. The quantitative estimate of drug-likeness (QED) is 0.836. The molecule has 19 heavy (non-hydrogen) atoms. The van der Waals surface area contributed by atoms with E-state index >= 15 is 0 Å². The van der Waals surface area contributed by atoms with Crippen LogP contribution in [-0.2, 0) is 21.3 Å². The molecular weight excluding hydrogens is 286 g/mol. The van der Waals surface area contributed by atoms with E-state index in [1.54, 1.807) is 7.11 Å². The number of aromatic amines is 1. The number of sulfonamides is 1. The highest BCUT2D eigenvalue weighted by Crippen LogP contribution is 2.19. The third kappa shape index (κ3) is 3.41. The first kappa shape index (κ1) is 14.2. The molecule has 0 atom stereocenters. The summed E-state index contributed by atoms with van der Waals surface area (Å²) in [4.78, 5) is 1.16. The molecule has 0 saturated heterocycles. The summed E-state index contributed by atoms with van der Waals surface area (Å²) in [5.74, 6) is 0. The molecule has 0 radical (unpaired) electrons. The lowest BCUT2D eigenvalue weighted by Gasteiger charge is -2.20. The molecule has 6 nitrogen and oxygen atoms in total. The van der Waals surface area contributed by atoms with Crippen molar-refractivity contribution in [2.24, 2.45) is 0 Å². The zero-order chi connectivity index (χ0) is 13.7. The lowest BCUT2D eigenvalue weighted by molar-refractivity contribution is 0.177. The van der Waals surface area contributed by atoms with Crippen molar-refractivity contribution in [2.45, 2.75) is 11.4 Å². The van der Waals surface area contributed by atoms with E-state index < -0.39 is 10.0 Å². The van der Waals surface area contributed by atoms with E-state index in [9.17, 15) is 8.42 Å². The van der Waals surface area contributed by atoms with E-state index in [2.05, 4.69) is 10.2 Å². The van der Waals surface area contributed by atoms with Crippen molar-refractivity contribution in [3.05, 3.63) is 34.8 Å². The number of methoxy groups -OCH3 is 1. The van der Waals surface area contributed by atoms with Gasteiger partial charge in [-0.15, -0.1) is 11.3 Å². The fourth-order valence-corrected chi connectivity index (χ4v) is 3.69. The van der Waals surface area contributed by atoms with E-state index in [1.807, 2.05) is 17.5 Å². The Balaban J connectivity index is 2.22. The molecule has 104 valence electrons. The van der Waals surface area contributed by atoms with Gasteiger partial charge in [0, 0.05) is 31.3 Å². The van der Waals surface area contributed by atoms with Crippen LogP contribution in [-0.4, -0.2) is 43.2 Å². The van der Waals surface area contributed by atoms with E-state index in [4.69, 9.17) is 4.74 Å². The van der Waals surface area contributed by atoms with Gasteiger partial charge in [0.15, 0.2) is 0 Å². The third-order valence-corrected chi connectivity index (χ3v) is 5.24. The second kappa shape index (κ2) is 6.29. The van der Waals surface area contributed by atoms with E-state index in [0.717, 1.165) is 4.88 Å². The Morgan fingerprint density at radius 3 is 2.95 bits per heavy atom. The summed E-state index contributed by atoms with van der Waals surface area (Å²) >= 11 is 1.53. The number of nitrogens with zero attached hydrogens (tertiary/aromatic N) is 2. The molecule has 0 aromatic carbocycles. The number of nitrogens with one attached hydrogen (secondary N) is 1. The first-order chi connectivity index (χ1) is 9.14. The number of hydrogen-bond donors (Lipinski definition) is 1. The van der Waals surface area contributed by atoms with Crippen LogP contribution in [0.15, 0.2) is 34.8 Å². The minimum Gasteiger partial charge on any atom is -0.383 e. The van der Waals surface area contributed by atoms with Crippen molar-refractivity contribution in [1.82, 2.24) is 14.5 Å². The third-order valence-electron chi connectivity index (χ3n) is 2.57. The van der Waals surface area contributed by atoms with Crippen molar-refractivity contribution in [3.63, 3.8) is 0 Å². The van der Waals surface area contributed by atoms with Crippen LogP contribution in [0.2, 0.25) is 0 Å². The minimum atomic E-state index is -3.54. The van der Waals surface area contributed by atoms with Gasteiger partial charge in [-0.05, 0) is 11.4 Å². The maximum Gasteiger partial charge on any atom is 0.246 e. The van der Waals surface area contributed by atoms with Crippen LogP contribution < -0.4 is 0 Å². The number of ether oxygens (including phenoxy) is 1. The Hall–Kier alpha value is -1.22. The molecule has 0 aliphatic carbocycles. The molecule has 0 fully saturated rings. The average Bonchev–Trinajstić information content (AvgIpc) is 3.06. The summed E-state index contributed by atoms with van der Waals surface area (Å²) < 4.78 is 31.3. The van der Waals surface area contributed by atoms with Gasteiger partial charge in [-0.25, -0.2) is 8.42 Å². The second-order valence-corrected chi connectivity index (χ2v) is 6.81. The molecule has 2 heterocycles. The molecule has 2 aromatic rings. The first-order valence-electron chi connectivity index (χ1n) is 5.65. The van der Waals surface area contributed by atoms with Crippen LogP contribution in [0.25, 0.3) is 0 Å². The molecule has 2 aromatic heterocycles. The van der Waals surface area contributed by atoms with Gasteiger partial charge in [-0.2, -0.15) is 9.40 Å². The maximum absolute atomic E-state index is 12.4.